The number of nitrogens with two attached hydrogens (primary N) is 1. The Kier molecular flexibility index (Phi) is 6.72. The molecule has 34 heavy (non-hydrogen) atoms. The van der Waals surface area contributed by atoms with E-state index in [0.29, 0.717) is 30.2 Å². The zero-order valence-electron chi connectivity index (χ0n) is 19.3. The highest BCUT2D eigenvalue weighted by Gasteiger charge is 2.13. The second kappa shape index (κ2) is 10.0. The molecule has 2 aromatic heterocycles. The molecular weight excluding hydrogens is 430 g/mol. The molecule has 0 saturated heterocycles. The van der Waals surface area contributed by atoms with Gasteiger partial charge in [0.1, 0.15) is 5.75 Å². The highest BCUT2D eigenvalue weighted by Crippen LogP contribution is 2.24. The number of amides is 1. The molecule has 1 amide bonds. The van der Waals surface area contributed by atoms with Crippen LogP contribution in [-0.4, -0.2) is 40.5 Å². The number of guanidine groups is 1. The number of carbonyl (C=O) groups excluding carboxylic acids is 1. The number of aromatic amines is 1. The molecule has 174 valence electrons. The van der Waals surface area contributed by atoms with Gasteiger partial charge < -0.3 is 15.5 Å². The second-order valence-corrected chi connectivity index (χ2v) is 7.85. The lowest BCUT2D eigenvalue weighted by Gasteiger charge is -2.12. The minimum absolute atomic E-state index is 0.246. The average molecular weight is 458 g/mol. The van der Waals surface area contributed by atoms with Gasteiger partial charge in [-0.05, 0) is 62.2 Å². The first kappa shape index (κ1) is 22.8. The third kappa shape index (κ3) is 5.32. The number of nitrogens with zero attached hydrogens (tertiary/aromatic N) is 3. The minimum Gasteiger partial charge on any atom is -0.497 e. The summed E-state index contributed by atoms with van der Waals surface area (Å²) in [5, 5.41) is 6.92. The highest BCUT2D eigenvalue weighted by atomic mass is 16.5. The third-order valence-corrected chi connectivity index (χ3v) is 5.28. The fourth-order valence-electron chi connectivity index (χ4n) is 3.66. The van der Waals surface area contributed by atoms with Crippen molar-refractivity contribution in [1.82, 2.24) is 20.3 Å². The maximum absolute atomic E-state index is 12.9. The molecule has 9 nitrogen and oxygen atoms in total. The van der Waals surface area contributed by atoms with Crippen molar-refractivity contribution >= 4 is 34.4 Å². The summed E-state index contributed by atoms with van der Waals surface area (Å²) in [4.78, 5) is 29.5. The van der Waals surface area contributed by atoms with E-state index in [1.165, 1.54) is 0 Å². The van der Waals surface area contributed by atoms with Crippen molar-refractivity contribution in [2.75, 3.05) is 24.7 Å². The van der Waals surface area contributed by atoms with Crippen molar-refractivity contribution in [3.8, 4) is 5.75 Å². The Labute approximate surface area is 197 Å². The molecule has 0 bridgehead atoms. The number of methoxy groups -OCH3 is 1. The van der Waals surface area contributed by atoms with Crippen LogP contribution in [0.2, 0.25) is 0 Å². The Morgan fingerprint density at radius 3 is 2.62 bits per heavy atom. The van der Waals surface area contributed by atoms with Gasteiger partial charge in [-0.25, -0.2) is 9.97 Å². The molecule has 4 aromatic rings. The maximum Gasteiger partial charge on any atom is 0.260 e. The van der Waals surface area contributed by atoms with E-state index in [4.69, 9.17) is 10.5 Å². The van der Waals surface area contributed by atoms with Gasteiger partial charge in [0.2, 0.25) is 11.9 Å². The smallest absolute Gasteiger partial charge is 0.260 e. The van der Waals surface area contributed by atoms with Crippen molar-refractivity contribution in [1.29, 1.82) is 0 Å². The van der Waals surface area contributed by atoms with Crippen LogP contribution in [0.5, 0.6) is 5.75 Å². The molecule has 0 aliphatic carbocycles. The monoisotopic (exact) mass is 457 g/mol. The third-order valence-electron chi connectivity index (χ3n) is 5.28. The fraction of sp³-hybridized carbons (Fsp3) is 0.200. The van der Waals surface area contributed by atoms with E-state index in [1.807, 2.05) is 44.3 Å². The molecule has 2 aromatic carbocycles. The number of aliphatic imine (C=N–C) groups is 1. The highest BCUT2D eigenvalue weighted by molar-refractivity contribution is 6.11. The van der Waals surface area contributed by atoms with Crippen LogP contribution in [0, 0.1) is 13.8 Å². The maximum atomic E-state index is 12.9. The van der Waals surface area contributed by atoms with Crippen LogP contribution < -0.4 is 21.1 Å². The van der Waals surface area contributed by atoms with Crippen molar-refractivity contribution in [3.05, 3.63) is 77.2 Å². The molecule has 0 radical (unpaired) electrons. The number of nitrogen functional groups attached to an aromatic ring is 1. The zero-order chi connectivity index (χ0) is 24.1. The molecule has 5 N–H and O–H groups in total. The van der Waals surface area contributed by atoms with Gasteiger partial charge in [0.05, 0.1) is 12.7 Å². The molecule has 0 unspecified atom stereocenters. The number of hydrogen-bond donors (Lipinski definition) is 4. The Morgan fingerprint density at radius 2 is 1.88 bits per heavy atom. The molecule has 9 heteroatoms. The van der Waals surface area contributed by atoms with E-state index >= 15 is 0 Å². The number of H-pyrrole nitrogens is 1. The molecule has 2 heterocycles. The predicted molar refractivity (Wildman–Crippen MR) is 134 cm³/mol. The summed E-state index contributed by atoms with van der Waals surface area (Å²) in [5.41, 5.74) is 10.4. The average Bonchev–Trinajstić information content (AvgIpc) is 3.20. The van der Waals surface area contributed by atoms with Crippen LogP contribution in [0.15, 0.2) is 59.7 Å². The number of carbonyl (C=O) groups is 1. The first-order chi connectivity index (χ1) is 16.4. The van der Waals surface area contributed by atoms with Crippen LogP contribution in [0.4, 0.5) is 11.6 Å². The van der Waals surface area contributed by atoms with Crippen molar-refractivity contribution in [2.24, 2.45) is 4.99 Å². The number of fused-ring (bicyclic) bond motifs is 1. The molecule has 0 saturated carbocycles. The van der Waals surface area contributed by atoms with E-state index in [2.05, 4.69) is 30.6 Å². The topological polar surface area (TPSA) is 130 Å². The molecule has 0 fully saturated rings. The summed E-state index contributed by atoms with van der Waals surface area (Å²) in [7, 11) is 1.65. The van der Waals surface area contributed by atoms with E-state index in [9.17, 15) is 4.79 Å². The van der Waals surface area contributed by atoms with Gasteiger partial charge in [-0.3, -0.25) is 20.4 Å². The van der Waals surface area contributed by atoms with E-state index in [1.54, 1.807) is 31.4 Å². The molecule has 0 atom stereocenters. The van der Waals surface area contributed by atoms with Gasteiger partial charge in [-0.2, -0.15) is 0 Å². The molecular formula is C25H27N7O2. The SMILES string of the molecule is COc1ccc2[nH]cc(CCN=C(NC(=O)c3ccccc3N)Nc3nc(C)cc(C)n3)c2c1. The normalized spacial score (nSPS) is 11.4. The summed E-state index contributed by atoms with van der Waals surface area (Å²) in [6.45, 7) is 4.18. The van der Waals surface area contributed by atoms with Crippen molar-refractivity contribution in [2.45, 2.75) is 20.3 Å². The summed E-state index contributed by atoms with van der Waals surface area (Å²) >= 11 is 0. The summed E-state index contributed by atoms with van der Waals surface area (Å²) < 4.78 is 5.35. The Bertz CT molecular complexity index is 1340. The number of aromatic nitrogens is 3. The Balaban J connectivity index is 1.56. The molecule has 0 aliphatic heterocycles. The van der Waals surface area contributed by atoms with E-state index in [-0.39, 0.29) is 11.9 Å². The fourth-order valence-corrected chi connectivity index (χ4v) is 3.66. The number of nitrogens with one attached hydrogen (secondary N) is 3. The van der Waals surface area contributed by atoms with Gasteiger partial charge in [-0.15, -0.1) is 0 Å². The number of aryl methyl sites for hydroxylation is 2. The van der Waals surface area contributed by atoms with E-state index in [0.717, 1.165) is 33.6 Å². The lowest BCUT2D eigenvalue weighted by Crippen LogP contribution is -2.37. The quantitative estimate of drug-likeness (QED) is 0.199. The van der Waals surface area contributed by atoms with Gasteiger partial charge in [0, 0.05) is 40.7 Å². The number of benzene rings is 2. The largest absolute Gasteiger partial charge is 0.497 e. The van der Waals surface area contributed by atoms with Crippen LogP contribution in [0.3, 0.4) is 0 Å². The number of hydrogen-bond acceptors (Lipinski definition) is 6. The zero-order valence-corrected chi connectivity index (χ0v) is 19.3. The Hall–Kier alpha value is -4.40. The summed E-state index contributed by atoms with van der Waals surface area (Å²) in [5.74, 6) is 1.02. The summed E-state index contributed by atoms with van der Waals surface area (Å²) in [6, 6.07) is 14.6. The first-order valence-electron chi connectivity index (χ1n) is 10.9. The lowest BCUT2D eigenvalue weighted by molar-refractivity contribution is 0.0978. The first-order valence-corrected chi connectivity index (χ1v) is 10.9. The van der Waals surface area contributed by atoms with Gasteiger partial charge in [0.15, 0.2) is 0 Å². The second-order valence-electron chi connectivity index (χ2n) is 7.85. The van der Waals surface area contributed by atoms with Crippen LogP contribution in [-0.2, 0) is 6.42 Å². The number of anilines is 2. The molecule has 4 rings (SSSR count). The number of para-hydroxylation sites is 1. The predicted octanol–water partition coefficient (Wildman–Crippen LogP) is 3.61. The molecule has 0 aliphatic rings. The van der Waals surface area contributed by atoms with Crippen molar-refractivity contribution < 1.29 is 9.53 Å². The van der Waals surface area contributed by atoms with Crippen LogP contribution >= 0.6 is 0 Å². The number of rotatable bonds is 6. The summed E-state index contributed by atoms with van der Waals surface area (Å²) in [6.07, 6.45) is 2.61. The lowest BCUT2D eigenvalue weighted by atomic mass is 10.1. The van der Waals surface area contributed by atoms with Gasteiger partial charge >= 0.3 is 0 Å². The van der Waals surface area contributed by atoms with Crippen molar-refractivity contribution in [3.63, 3.8) is 0 Å². The van der Waals surface area contributed by atoms with E-state index < -0.39 is 0 Å². The van der Waals surface area contributed by atoms with Gasteiger partial charge in [-0.1, -0.05) is 12.1 Å². The van der Waals surface area contributed by atoms with Gasteiger partial charge in [0.25, 0.3) is 5.91 Å². The number of ether oxygens (including phenoxy) is 1. The molecule has 0 spiro atoms. The Morgan fingerprint density at radius 1 is 1.12 bits per heavy atom. The minimum atomic E-state index is -0.370. The van der Waals surface area contributed by atoms with Crippen LogP contribution in [0.1, 0.15) is 27.3 Å². The standard InChI is InChI=1S/C25H27N7O2/c1-15-12-16(2)30-25(29-15)32-24(31-23(33)19-6-4-5-7-21(19)26)27-11-10-17-14-28-22-9-8-18(34-3)13-20(17)22/h4-9,12-14,28H,10-11,26H2,1-3H3,(H2,27,29,30,31,32,33). The van der Waals surface area contributed by atoms with Crippen LogP contribution in [0.25, 0.3) is 10.9 Å².